The summed E-state index contributed by atoms with van der Waals surface area (Å²) in [6.07, 6.45) is 3.87. The van der Waals surface area contributed by atoms with Crippen LogP contribution < -0.4 is 5.32 Å². The van der Waals surface area contributed by atoms with E-state index in [-0.39, 0.29) is 11.6 Å². The van der Waals surface area contributed by atoms with E-state index in [1.807, 2.05) is 76.8 Å². The van der Waals surface area contributed by atoms with Gasteiger partial charge in [-0.1, -0.05) is 35.5 Å². The number of nitrogens with one attached hydrogen (secondary N) is 1. The van der Waals surface area contributed by atoms with Crippen molar-refractivity contribution in [1.82, 2.24) is 14.5 Å². The summed E-state index contributed by atoms with van der Waals surface area (Å²) in [5, 5.41) is 8.77. The van der Waals surface area contributed by atoms with Gasteiger partial charge in [-0.3, -0.25) is 4.79 Å². The van der Waals surface area contributed by atoms with E-state index < -0.39 is 0 Å². The molecule has 5 rings (SSSR count). The zero-order valence-electron chi connectivity index (χ0n) is 14.6. The smallest absolute Gasteiger partial charge is 0.277 e. The van der Waals surface area contributed by atoms with Crippen molar-refractivity contribution in [3.8, 4) is 21.9 Å². The van der Waals surface area contributed by atoms with E-state index >= 15 is 0 Å². The SMILES string of the molecule is O=C(Nc1ccccc1-c1cn2ccccc2n1)c1cc(-c2cccs2)on1. The maximum absolute atomic E-state index is 12.7. The number of hydrogen-bond acceptors (Lipinski definition) is 5. The number of rotatable bonds is 4. The first-order valence-electron chi connectivity index (χ1n) is 8.63. The van der Waals surface area contributed by atoms with Crippen LogP contribution in [0.15, 0.2) is 83.0 Å². The van der Waals surface area contributed by atoms with Crippen LogP contribution in [0.5, 0.6) is 0 Å². The van der Waals surface area contributed by atoms with Crippen LogP contribution in [0, 0.1) is 0 Å². The first-order valence-corrected chi connectivity index (χ1v) is 9.51. The Morgan fingerprint density at radius 1 is 1.07 bits per heavy atom. The summed E-state index contributed by atoms with van der Waals surface area (Å²) in [7, 11) is 0. The van der Waals surface area contributed by atoms with Gasteiger partial charge >= 0.3 is 0 Å². The number of carbonyl (C=O) groups is 1. The molecule has 0 unspecified atom stereocenters. The van der Waals surface area contributed by atoms with E-state index in [2.05, 4.69) is 15.5 Å². The predicted molar refractivity (Wildman–Crippen MR) is 108 cm³/mol. The molecule has 0 bridgehead atoms. The van der Waals surface area contributed by atoms with Crippen LogP contribution in [-0.4, -0.2) is 20.4 Å². The number of anilines is 1. The standard InChI is InChI=1S/C21H14N4O2S/c26-21(16-12-18(27-24-16)19-8-5-11-28-19)23-15-7-2-1-6-14(15)17-13-25-10-4-3-9-20(25)22-17/h1-13H,(H,23,26). The number of thiophene rings is 1. The maximum atomic E-state index is 12.7. The van der Waals surface area contributed by atoms with Gasteiger partial charge in [-0.25, -0.2) is 4.98 Å². The molecule has 0 aliphatic rings. The highest BCUT2D eigenvalue weighted by molar-refractivity contribution is 7.13. The summed E-state index contributed by atoms with van der Waals surface area (Å²) < 4.78 is 7.25. The van der Waals surface area contributed by atoms with E-state index in [0.717, 1.165) is 21.8 Å². The molecule has 4 aromatic heterocycles. The van der Waals surface area contributed by atoms with Crippen molar-refractivity contribution in [1.29, 1.82) is 0 Å². The van der Waals surface area contributed by atoms with Crippen LogP contribution in [0.2, 0.25) is 0 Å². The van der Waals surface area contributed by atoms with Gasteiger partial charge in [-0.15, -0.1) is 11.3 Å². The van der Waals surface area contributed by atoms with Crippen molar-refractivity contribution in [3.05, 3.63) is 84.1 Å². The third-order valence-electron chi connectivity index (χ3n) is 4.32. The molecule has 6 nitrogen and oxygen atoms in total. The van der Waals surface area contributed by atoms with E-state index in [0.29, 0.717) is 11.4 Å². The fraction of sp³-hybridized carbons (Fsp3) is 0. The predicted octanol–water partition coefficient (Wildman–Crippen LogP) is 4.97. The number of amides is 1. The second kappa shape index (κ2) is 6.79. The van der Waals surface area contributed by atoms with Crippen LogP contribution in [0.4, 0.5) is 5.69 Å². The second-order valence-corrected chi connectivity index (χ2v) is 7.09. The minimum atomic E-state index is -0.331. The lowest BCUT2D eigenvalue weighted by Gasteiger charge is -2.07. The minimum Gasteiger partial charge on any atom is -0.355 e. The molecule has 0 aliphatic carbocycles. The molecule has 4 heterocycles. The topological polar surface area (TPSA) is 72.4 Å². The molecule has 0 atom stereocenters. The van der Waals surface area contributed by atoms with Crippen LogP contribution in [-0.2, 0) is 0 Å². The van der Waals surface area contributed by atoms with Gasteiger partial charge in [0.15, 0.2) is 11.5 Å². The lowest BCUT2D eigenvalue weighted by Crippen LogP contribution is -2.12. The third kappa shape index (κ3) is 2.97. The Hall–Kier alpha value is -3.71. The van der Waals surface area contributed by atoms with Gasteiger partial charge in [-0.2, -0.15) is 0 Å². The molecule has 0 spiro atoms. The summed E-state index contributed by atoms with van der Waals surface area (Å²) >= 11 is 1.53. The van der Waals surface area contributed by atoms with E-state index in [9.17, 15) is 4.79 Å². The Labute approximate surface area is 164 Å². The van der Waals surface area contributed by atoms with Gasteiger partial charge in [0.2, 0.25) is 0 Å². The van der Waals surface area contributed by atoms with Gasteiger partial charge < -0.3 is 14.2 Å². The number of hydrogen-bond donors (Lipinski definition) is 1. The molecular weight excluding hydrogens is 372 g/mol. The quantitative estimate of drug-likeness (QED) is 0.473. The van der Waals surface area contributed by atoms with Gasteiger partial charge in [0, 0.05) is 24.0 Å². The molecule has 0 aliphatic heterocycles. The molecule has 0 fully saturated rings. The molecule has 0 saturated heterocycles. The molecule has 136 valence electrons. The van der Waals surface area contributed by atoms with Crippen LogP contribution >= 0.6 is 11.3 Å². The Bertz CT molecular complexity index is 1240. The van der Waals surface area contributed by atoms with Crippen LogP contribution in [0.3, 0.4) is 0 Å². The van der Waals surface area contributed by atoms with Crippen molar-refractivity contribution in [3.63, 3.8) is 0 Å². The molecule has 7 heteroatoms. The Balaban J connectivity index is 1.45. The number of imidazole rings is 1. The second-order valence-electron chi connectivity index (χ2n) is 6.15. The maximum Gasteiger partial charge on any atom is 0.277 e. The molecule has 28 heavy (non-hydrogen) atoms. The average molecular weight is 386 g/mol. The highest BCUT2D eigenvalue weighted by Gasteiger charge is 2.17. The lowest BCUT2D eigenvalue weighted by molar-refractivity contribution is 0.101. The molecule has 1 aromatic carbocycles. The van der Waals surface area contributed by atoms with Gasteiger partial charge in [0.25, 0.3) is 5.91 Å². The number of fused-ring (bicyclic) bond motifs is 1. The zero-order valence-corrected chi connectivity index (χ0v) is 15.4. The molecule has 5 aromatic rings. The summed E-state index contributed by atoms with van der Waals surface area (Å²) in [4.78, 5) is 18.3. The van der Waals surface area contributed by atoms with Crippen molar-refractivity contribution in [2.24, 2.45) is 0 Å². The fourth-order valence-electron chi connectivity index (χ4n) is 2.98. The number of benzene rings is 1. The summed E-state index contributed by atoms with van der Waals surface area (Å²) in [6.45, 7) is 0. The Morgan fingerprint density at radius 2 is 1.96 bits per heavy atom. The molecule has 0 radical (unpaired) electrons. The fourth-order valence-corrected chi connectivity index (χ4v) is 3.66. The van der Waals surface area contributed by atoms with Crippen LogP contribution in [0.1, 0.15) is 10.5 Å². The molecule has 1 amide bonds. The summed E-state index contributed by atoms with van der Waals surface area (Å²) in [5.41, 5.74) is 3.35. The monoisotopic (exact) mass is 386 g/mol. The van der Waals surface area contributed by atoms with Gasteiger partial charge in [0.05, 0.1) is 16.3 Å². The van der Waals surface area contributed by atoms with Crippen molar-refractivity contribution in [2.75, 3.05) is 5.32 Å². The van der Waals surface area contributed by atoms with E-state index in [1.165, 1.54) is 11.3 Å². The lowest BCUT2D eigenvalue weighted by atomic mass is 10.1. The summed E-state index contributed by atoms with van der Waals surface area (Å²) in [6, 6.07) is 18.9. The number of nitrogens with zero attached hydrogens (tertiary/aromatic N) is 3. The van der Waals surface area contributed by atoms with Crippen molar-refractivity contribution < 1.29 is 9.32 Å². The average Bonchev–Trinajstić information content (AvgIpc) is 3.47. The number of carbonyl (C=O) groups excluding carboxylic acids is 1. The van der Waals surface area contributed by atoms with Gasteiger partial charge in [-0.05, 0) is 29.6 Å². The number of para-hydroxylation sites is 1. The third-order valence-corrected chi connectivity index (χ3v) is 5.21. The Morgan fingerprint density at radius 3 is 2.82 bits per heavy atom. The molecule has 1 N–H and O–H groups in total. The number of pyridine rings is 1. The highest BCUT2D eigenvalue weighted by atomic mass is 32.1. The first-order chi connectivity index (χ1) is 13.8. The summed E-state index contributed by atoms with van der Waals surface area (Å²) in [5.74, 6) is 0.247. The van der Waals surface area contributed by atoms with Crippen LogP contribution in [0.25, 0.3) is 27.5 Å². The number of aromatic nitrogens is 3. The van der Waals surface area contributed by atoms with Crippen molar-refractivity contribution >= 4 is 28.6 Å². The Kier molecular flexibility index (Phi) is 3.99. The largest absolute Gasteiger partial charge is 0.355 e. The highest BCUT2D eigenvalue weighted by Crippen LogP contribution is 2.29. The first kappa shape index (κ1) is 16.5. The van der Waals surface area contributed by atoms with E-state index in [4.69, 9.17) is 4.52 Å². The zero-order chi connectivity index (χ0) is 18.9. The normalized spacial score (nSPS) is 11.0. The minimum absolute atomic E-state index is 0.230. The molecule has 0 saturated carbocycles. The molecular formula is C21H14N4O2S. The van der Waals surface area contributed by atoms with E-state index in [1.54, 1.807) is 6.07 Å². The van der Waals surface area contributed by atoms with Crippen molar-refractivity contribution in [2.45, 2.75) is 0 Å². The van der Waals surface area contributed by atoms with Gasteiger partial charge in [0.1, 0.15) is 5.65 Å².